The third kappa shape index (κ3) is 3.68. The molecule has 112 valence electrons. The van der Waals surface area contributed by atoms with Crippen LogP contribution >= 0.6 is 31.9 Å². The van der Waals surface area contributed by atoms with Gasteiger partial charge in [-0.15, -0.1) is 0 Å². The second-order valence-corrected chi connectivity index (χ2v) is 6.61. The highest BCUT2D eigenvalue weighted by atomic mass is 79.9. The number of halogens is 2. The minimum atomic E-state index is -0.164. The number of benzene rings is 1. The van der Waals surface area contributed by atoms with Crippen molar-refractivity contribution in [3.63, 3.8) is 0 Å². The highest BCUT2D eigenvalue weighted by molar-refractivity contribution is 9.10. The van der Waals surface area contributed by atoms with Gasteiger partial charge in [-0.25, -0.2) is 0 Å². The van der Waals surface area contributed by atoms with Crippen molar-refractivity contribution in [1.29, 1.82) is 0 Å². The largest absolute Gasteiger partial charge is 0.497 e. The van der Waals surface area contributed by atoms with Gasteiger partial charge in [-0.3, -0.25) is 4.79 Å². The molecule has 0 aliphatic heterocycles. The zero-order valence-electron chi connectivity index (χ0n) is 12.0. The molecule has 0 unspecified atom stereocenters. The van der Waals surface area contributed by atoms with Crippen LogP contribution in [0.5, 0.6) is 5.75 Å². The number of ether oxygens (including phenoxy) is 1. The molecule has 1 N–H and O–H groups in total. The quantitative estimate of drug-likeness (QED) is 0.775. The van der Waals surface area contributed by atoms with Gasteiger partial charge in [-0.2, -0.15) is 0 Å². The second kappa shape index (κ2) is 6.66. The number of amides is 1. The van der Waals surface area contributed by atoms with Crippen molar-refractivity contribution in [1.82, 2.24) is 4.57 Å². The van der Waals surface area contributed by atoms with Gasteiger partial charge in [-0.1, -0.05) is 0 Å². The minimum Gasteiger partial charge on any atom is -0.497 e. The van der Waals surface area contributed by atoms with Gasteiger partial charge in [0.1, 0.15) is 11.4 Å². The van der Waals surface area contributed by atoms with E-state index in [-0.39, 0.29) is 11.9 Å². The van der Waals surface area contributed by atoms with Crippen LogP contribution in [0.25, 0.3) is 0 Å². The number of carbonyl (C=O) groups excluding carboxylic acids is 1. The lowest BCUT2D eigenvalue weighted by molar-refractivity contribution is 0.101. The first-order chi connectivity index (χ1) is 9.92. The molecule has 0 spiro atoms. The maximum atomic E-state index is 12.5. The summed E-state index contributed by atoms with van der Waals surface area (Å²) < 4.78 is 8.79. The van der Waals surface area contributed by atoms with Gasteiger partial charge in [0.25, 0.3) is 5.91 Å². The fraction of sp³-hybridized carbons (Fsp3) is 0.267. The maximum absolute atomic E-state index is 12.5. The first-order valence-electron chi connectivity index (χ1n) is 6.44. The summed E-state index contributed by atoms with van der Waals surface area (Å²) in [6.45, 7) is 4.06. The lowest BCUT2D eigenvalue weighted by atomic mass is 10.2. The summed E-state index contributed by atoms with van der Waals surface area (Å²) in [5.74, 6) is 0.525. The molecular weight excluding hydrogens is 400 g/mol. The minimum absolute atomic E-state index is 0.164. The Labute approximate surface area is 140 Å². The van der Waals surface area contributed by atoms with E-state index in [1.807, 2.05) is 42.8 Å². The molecule has 2 rings (SSSR count). The monoisotopic (exact) mass is 414 g/mol. The molecule has 0 atom stereocenters. The molecule has 21 heavy (non-hydrogen) atoms. The lowest BCUT2D eigenvalue weighted by Crippen LogP contribution is -2.18. The number of nitrogens with one attached hydrogen (secondary N) is 1. The Balaban J connectivity index is 2.30. The predicted molar refractivity (Wildman–Crippen MR) is 91.2 cm³/mol. The van der Waals surface area contributed by atoms with Gasteiger partial charge in [0.05, 0.1) is 12.8 Å². The zero-order valence-corrected chi connectivity index (χ0v) is 15.2. The molecule has 0 radical (unpaired) electrons. The van der Waals surface area contributed by atoms with Gasteiger partial charge in [-0.05, 0) is 63.9 Å². The average Bonchev–Trinajstić information content (AvgIpc) is 2.83. The number of hydrogen-bond acceptors (Lipinski definition) is 2. The average molecular weight is 416 g/mol. The highest BCUT2D eigenvalue weighted by Crippen LogP contribution is 2.28. The van der Waals surface area contributed by atoms with E-state index in [1.54, 1.807) is 13.2 Å². The number of anilines is 1. The van der Waals surface area contributed by atoms with Crippen molar-refractivity contribution >= 4 is 43.5 Å². The van der Waals surface area contributed by atoms with E-state index in [1.165, 1.54) is 0 Å². The number of methoxy groups -OCH3 is 1. The van der Waals surface area contributed by atoms with Crippen LogP contribution in [0, 0.1) is 0 Å². The maximum Gasteiger partial charge on any atom is 0.272 e. The Morgan fingerprint density at radius 3 is 2.62 bits per heavy atom. The van der Waals surface area contributed by atoms with Crippen LogP contribution in [0.1, 0.15) is 30.4 Å². The molecule has 1 heterocycles. The first-order valence-corrected chi connectivity index (χ1v) is 8.03. The van der Waals surface area contributed by atoms with Crippen LogP contribution in [0.3, 0.4) is 0 Å². The third-order valence-corrected chi connectivity index (χ3v) is 4.15. The zero-order chi connectivity index (χ0) is 15.6. The summed E-state index contributed by atoms with van der Waals surface area (Å²) in [7, 11) is 1.59. The van der Waals surface area contributed by atoms with Gasteiger partial charge in [0.2, 0.25) is 0 Å². The smallest absolute Gasteiger partial charge is 0.272 e. The highest BCUT2D eigenvalue weighted by Gasteiger charge is 2.16. The van der Waals surface area contributed by atoms with E-state index in [0.29, 0.717) is 17.1 Å². The van der Waals surface area contributed by atoms with Crippen molar-refractivity contribution in [2.24, 2.45) is 0 Å². The summed E-state index contributed by atoms with van der Waals surface area (Å²) in [5, 5.41) is 2.90. The molecule has 6 heteroatoms. The van der Waals surface area contributed by atoms with Crippen LogP contribution in [0.4, 0.5) is 5.69 Å². The normalized spacial score (nSPS) is 10.8. The molecule has 1 aromatic carbocycles. The van der Waals surface area contributed by atoms with Crippen LogP contribution in [-0.4, -0.2) is 17.6 Å². The SMILES string of the molecule is COc1ccc(Br)c(NC(=O)c2cc(Br)cn2C(C)C)c1. The molecule has 2 aromatic rings. The second-order valence-electron chi connectivity index (χ2n) is 4.84. The van der Waals surface area contributed by atoms with Crippen LogP contribution in [0.2, 0.25) is 0 Å². The first kappa shape index (κ1) is 16.1. The number of hydrogen-bond donors (Lipinski definition) is 1. The number of nitrogens with zero attached hydrogens (tertiary/aromatic N) is 1. The molecule has 0 saturated carbocycles. The molecule has 4 nitrogen and oxygen atoms in total. The molecule has 0 aliphatic rings. The number of aromatic nitrogens is 1. The summed E-state index contributed by atoms with van der Waals surface area (Å²) >= 11 is 6.84. The fourth-order valence-electron chi connectivity index (χ4n) is 1.97. The number of rotatable bonds is 4. The topological polar surface area (TPSA) is 43.3 Å². The summed E-state index contributed by atoms with van der Waals surface area (Å²) in [5.41, 5.74) is 1.28. The van der Waals surface area contributed by atoms with Crippen molar-refractivity contribution in [2.75, 3.05) is 12.4 Å². The molecule has 1 aromatic heterocycles. The molecule has 0 bridgehead atoms. The standard InChI is InChI=1S/C15H16Br2N2O2/c1-9(2)19-8-10(16)6-14(19)15(20)18-13-7-11(21-3)4-5-12(13)17/h4-9H,1-3H3,(H,18,20). The third-order valence-electron chi connectivity index (χ3n) is 3.03. The van der Waals surface area contributed by atoms with Crippen molar-refractivity contribution < 1.29 is 9.53 Å². The van der Waals surface area contributed by atoms with E-state index in [9.17, 15) is 4.79 Å². The van der Waals surface area contributed by atoms with Gasteiger partial charge in [0.15, 0.2) is 0 Å². The molecule has 0 saturated heterocycles. The lowest BCUT2D eigenvalue weighted by Gasteiger charge is -2.14. The Kier molecular flexibility index (Phi) is 5.11. The van der Waals surface area contributed by atoms with Gasteiger partial charge < -0.3 is 14.6 Å². The summed E-state index contributed by atoms with van der Waals surface area (Å²) in [6, 6.07) is 7.45. The van der Waals surface area contributed by atoms with E-state index >= 15 is 0 Å². The molecular formula is C15H16Br2N2O2. The van der Waals surface area contributed by atoms with Crippen molar-refractivity contribution in [2.45, 2.75) is 19.9 Å². The Bertz CT molecular complexity index is 666. The predicted octanol–water partition coefficient (Wildman–Crippen LogP) is 4.85. The van der Waals surface area contributed by atoms with E-state index in [4.69, 9.17) is 4.74 Å². The molecule has 1 amide bonds. The summed E-state index contributed by atoms with van der Waals surface area (Å²) in [4.78, 5) is 12.5. The van der Waals surface area contributed by atoms with Crippen LogP contribution in [0.15, 0.2) is 39.4 Å². The van der Waals surface area contributed by atoms with Crippen molar-refractivity contribution in [3.05, 3.63) is 45.1 Å². The molecule has 0 aliphatic carbocycles. The Morgan fingerprint density at radius 2 is 2.00 bits per heavy atom. The van der Waals surface area contributed by atoms with Gasteiger partial charge >= 0.3 is 0 Å². The fourth-order valence-corrected chi connectivity index (χ4v) is 2.75. The summed E-state index contributed by atoms with van der Waals surface area (Å²) in [6.07, 6.45) is 1.90. The van der Waals surface area contributed by atoms with E-state index < -0.39 is 0 Å². The van der Waals surface area contributed by atoms with Crippen molar-refractivity contribution in [3.8, 4) is 5.75 Å². The molecule has 0 fully saturated rings. The van der Waals surface area contributed by atoms with E-state index in [2.05, 4.69) is 37.2 Å². The van der Waals surface area contributed by atoms with Crippen LogP contribution < -0.4 is 10.1 Å². The van der Waals surface area contributed by atoms with Crippen LogP contribution in [-0.2, 0) is 0 Å². The van der Waals surface area contributed by atoms with Gasteiger partial charge in [0, 0.05) is 27.3 Å². The Hall–Kier alpha value is -1.27. The Morgan fingerprint density at radius 1 is 1.29 bits per heavy atom. The number of carbonyl (C=O) groups is 1. The van der Waals surface area contributed by atoms with E-state index in [0.717, 1.165) is 8.95 Å².